The molecular weight excluding hydrogens is 386 g/mol. The van der Waals surface area contributed by atoms with Gasteiger partial charge in [-0.25, -0.2) is 4.79 Å². The van der Waals surface area contributed by atoms with Gasteiger partial charge in [0.2, 0.25) is 0 Å². The van der Waals surface area contributed by atoms with Crippen molar-refractivity contribution in [3.63, 3.8) is 0 Å². The van der Waals surface area contributed by atoms with Crippen molar-refractivity contribution in [2.75, 3.05) is 19.7 Å². The van der Waals surface area contributed by atoms with Gasteiger partial charge in [-0.2, -0.15) is 0 Å². The fourth-order valence-electron chi connectivity index (χ4n) is 6.96. The van der Waals surface area contributed by atoms with Gasteiger partial charge in [-0.3, -0.25) is 19.3 Å². The van der Waals surface area contributed by atoms with Crippen molar-refractivity contribution in [1.82, 2.24) is 15.5 Å². The summed E-state index contributed by atoms with van der Waals surface area (Å²) in [5, 5.41) is 5.66. The molecule has 0 unspecified atom stereocenters. The van der Waals surface area contributed by atoms with Gasteiger partial charge >= 0.3 is 12.0 Å². The predicted molar refractivity (Wildman–Crippen MR) is 106 cm³/mol. The number of carbonyl (C=O) groups is 4. The molecule has 6 rings (SSSR count). The molecule has 4 bridgehead atoms. The first-order valence-corrected chi connectivity index (χ1v) is 11.3. The zero-order valence-corrected chi connectivity index (χ0v) is 17.6. The summed E-state index contributed by atoms with van der Waals surface area (Å²) in [7, 11) is 0. The van der Waals surface area contributed by atoms with E-state index in [0.29, 0.717) is 6.54 Å². The van der Waals surface area contributed by atoms with Crippen LogP contribution in [-0.4, -0.2) is 54.0 Å². The summed E-state index contributed by atoms with van der Waals surface area (Å²) >= 11 is 0. The number of ether oxygens (including phenoxy) is 1. The topological polar surface area (TPSA) is 105 Å². The molecule has 5 saturated carbocycles. The van der Waals surface area contributed by atoms with E-state index in [2.05, 4.69) is 10.6 Å². The second-order valence-corrected chi connectivity index (χ2v) is 10.7. The number of carbonyl (C=O) groups excluding carboxylic acids is 4. The molecule has 0 radical (unpaired) electrons. The maximum atomic E-state index is 12.6. The lowest BCUT2D eigenvalue weighted by Gasteiger charge is -2.56. The van der Waals surface area contributed by atoms with Crippen LogP contribution in [0.4, 0.5) is 4.79 Å². The van der Waals surface area contributed by atoms with Gasteiger partial charge in [0, 0.05) is 6.54 Å². The van der Waals surface area contributed by atoms with Gasteiger partial charge < -0.3 is 15.4 Å². The zero-order valence-electron chi connectivity index (χ0n) is 17.6. The van der Waals surface area contributed by atoms with Crippen LogP contribution < -0.4 is 10.6 Å². The van der Waals surface area contributed by atoms with Crippen LogP contribution in [0.3, 0.4) is 0 Å². The van der Waals surface area contributed by atoms with Crippen molar-refractivity contribution < 1.29 is 23.9 Å². The van der Waals surface area contributed by atoms with Crippen LogP contribution in [0.1, 0.15) is 58.3 Å². The molecule has 0 spiro atoms. The Kier molecular flexibility index (Phi) is 4.59. The standard InChI is InChI=1S/C22H31N3O5/c1-21(16-2-3-16)19(28)25(20(29)24-21)10-18(27)30-11-17(26)23-12-22-7-13-4-14(8-22)6-15(5-13)9-22/h13-16H,2-12H2,1H3,(H,23,26)(H,24,29)/t13?,14?,15?,21-,22?/m0/s1. The van der Waals surface area contributed by atoms with E-state index < -0.39 is 30.0 Å². The molecule has 30 heavy (non-hydrogen) atoms. The first-order valence-electron chi connectivity index (χ1n) is 11.3. The SMILES string of the molecule is C[C@@]1(C2CC2)NC(=O)N(CC(=O)OCC(=O)NCC23CC4CC(CC(C4)C2)C3)C1=O. The molecule has 0 aromatic carbocycles. The maximum absolute atomic E-state index is 12.6. The molecule has 0 aromatic rings. The summed E-state index contributed by atoms with van der Waals surface area (Å²) in [5.74, 6) is 1.12. The Labute approximate surface area is 176 Å². The van der Waals surface area contributed by atoms with Crippen molar-refractivity contribution >= 4 is 23.8 Å². The Morgan fingerprint density at radius 1 is 1.10 bits per heavy atom. The average Bonchev–Trinajstić information content (AvgIpc) is 3.50. The molecule has 1 saturated heterocycles. The number of urea groups is 1. The van der Waals surface area contributed by atoms with Gasteiger partial charge in [-0.05, 0) is 87.4 Å². The third kappa shape index (κ3) is 3.48. The van der Waals surface area contributed by atoms with E-state index in [9.17, 15) is 19.2 Å². The highest BCUT2D eigenvalue weighted by Gasteiger charge is 2.56. The lowest BCUT2D eigenvalue weighted by Crippen LogP contribution is -2.51. The van der Waals surface area contributed by atoms with Gasteiger partial charge in [-0.15, -0.1) is 0 Å². The monoisotopic (exact) mass is 417 g/mol. The molecule has 8 nitrogen and oxygen atoms in total. The number of rotatable bonds is 7. The van der Waals surface area contributed by atoms with Crippen LogP contribution >= 0.6 is 0 Å². The Balaban J connectivity index is 1.07. The minimum absolute atomic E-state index is 0.130. The van der Waals surface area contributed by atoms with Crippen molar-refractivity contribution in [2.24, 2.45) is 29.1 Å². The minimum Gasteiger partial charge on any atom is -0.454 e. The van der Waals surface area contributed by atoms with E-state index in [1.165, 1.54) is 38.5 Å². The lowest BCUT2D eigenvalue weighted by molar-refractivity contribution is -0.151. The molecule has 0 aromatic heterocycles. The molecule has 1 atom stereocenters. The quantitative estimate of drug-likeness (QED) is 0.483. The molecule has 1 heterocycles. The van der Waals surface area contributed by atoms with Crippen LogP contribution in [-0.2, 0) is 19.1 Å². The van der Waals surface area contributed by atoms with Gasteiger partial charge in [0.25, 0.3) is 11.8 Å². The van der Waals surface area contributed by atoms with E-state index in [-0.39, 0.29) is 23.8 Å². The fourth-order valence-corrected chi connectivity index (χ4v) is 6.96. The van der Waals surface area contributed by atoms with Gasteiger partial charge in [0.1, 0.15) is 12.1 Å². The Morgan fingerprint density at radius 2 is 1.70 bits per heavy atom. The highest BCUT2D eigenvalue weighted by atomic mass is 16.5. The van der Waals surface area contributed by atoms with Crippen LogP contribution in [0.25, 0.3) is 0 Å². The second kappa shape index (κ2) is 6.95. The van der Waals surface area contributed by atoms with E-state index in [1.54, 1.807) is 6.92 Å². The summed E-state index contributed by atoms with van der Waals surface area (Å²) < 4.78 is 5.05. The molecule has 8 heteroatoms. The molecule has 6 aliphatic rings. The van der Waals surface area contributed by atoms with Crippen LogP contribution in [0.5, 0.6) is 0 Å². The smallest absolute Gasteiger partial charge is 0.326 e. The number of esters is 1. The van der Waals surface area contributed by atoms with E-state index in [0.717, 1.165) is 35.5 Å². The van der Waals surface area contributed by atoms with Crippen LogP contribution in [0.2, 0.25) is 0 Å². The Bertz CT molecular complexity index is 756. The third-order valence-corrected chi connectivity index (χ3v) is 8.17. The number of amides is 4. The number of nitrogens with zero attached hydrogens (tertiary/aromatic N) is 1. The van der Waals surface area contributed by atoms with E-state index >= 15 is 0 Å². The largest absolute Gasteiger partial charge is 0.454 e. The van der Waals surface area contributed by atoms with Gasteiger partial charge in [0.15, 0.2) is 6.61 Å². The Hall–Kier alpha value is -2.12. The first kappa shape index (κ1) is 19.8. The lowest BCUT2D eigenvalue weighted by atomic mass is 9.49. The fraction of sp³-hybridized carbons (Fsp3) is 0.818. The molecule has 2 N–H and O–H groups in total. The number of nitrogens with one attached hydrogen (secondary N) is 2. The minimum atomic E-state index is -0.924. The molecule has 4 amide bonds. The normalized spacial score (nSPS) is 39.2. The molecule has 1 aliphatic heterocycles. The summed E-state index contributed by atoms with van der Waals surface area (Å²) in [6.07, 6.45) is 9.45. The molecule has 164 valence electrons. The van der Waals surface area contributed by atoms with Crippen LogP contribution in [0.15, 0.2) is 0 Å². The van der Waals surface area contributed by atoms with Crippen molar-refractivity contribution in [3.8, 4) is 0 Å². The predicted octanol–water partition coefficient (Wildman–Crippen LogP) is 1.58. The molecule has 5 aliphatic carbocycles. The number of hydrogen-bond acceptors (Lipinski definition) is 5. The number of hydrogen-bond donors (Lipinski definition) is 2. The first-order chi connectivity index (χ1) is 14.3. The molecule has 6 fully saturated rings. The highest BCUT2D eigenvalue weighted by Crippen LogP contribution is 2.59. The average molecular weight is 418 g/mol. The van der Waals surface area contributed by atoms with Gasteiger partial charge in [-0.1, -0.05) is 0 Å². The summed E-state index contributed by atoms with van der Waals surface area (Å²) in [6.45, 7) is 1.51. The highest BCUT2D eigenvalue weighted by molar-refractivity contribution is 6.08. The van der Waals surface area contributed by atoms with Crippen LogP contribution in [0, 0.1) is 29.1 Å². The third-order valence-electron chi connectivity index (χ3n) is 8.17. The Morgan fingerprint density at radius 3 is 2.27 bits per heavy atom. The maximum Gasteiger partial charge on any atom is 0.326 e. The summed E-state index contributed by atoms with van der Waals surface area (Å²) in [4.78, 5) is 50.0. The molecular formula is C22H31N3O5. The van der Waals surface area contributed by atoms with Crippen molar-refractivity contribution in [2.45, 2.75) is 63.8 Å². The van der Waals surface area contributed by atoms with Crippen molar-refractivity contribution in [1.29, 1.82) is 0 Å². The summed E-state index contributed by atoms with van der Waals surface area (Å²) in [6, 6.07) is -0.572. The number of imide groups is 1. The van der Waals surface area contributed by atoms with Gasteiger partial charge in [0.05, 0.1) is 0 Å². The summed E-state index contributed by atoms with van der Waals surface area (Å²) in [5.41, 5.74) is -0.700. The van der Waals surface area contributed by atoms with Crippen molar-refractivity contribution in [3.05, 3.63) is 0 Å². The zero-order chi connectivity index (χ0) is 21.1. The van der Waals surface area contributed by atoms with E-state index in [1.807, 2.05) is 0 Å². The van der Waals surface area contributed by atoms with E-state index in [4.69, 9.17) is 4.74 Å². The second-order valence-electron chi connectivity index (χ2n) is 10.7.